The van der Waals surface area contributed by atoms with E-state index in [-0.39, 0.29) is 76.4 Å². The van der Waals surface area contributed by atoms with E-state index < -0.39 is 58.7 Å². The normalized spacial score (nSPS) is 14.0. The highest BCUT2D eigenvalue weighted by atomic mass is 19.4. The summed E-state index contributed by atoms with van der Waals surface area (Å²) in [6, 6.07) is 25.9. The Kier molecular flexibility index (Phi) is 21.9. The SMILES string of the molecule is CCNNc1nc(Nc2ccc3c(c2)CCC(=O)N3)ncc1C(F)(F)F.CN(c1nc(Nc2ccc3c(c2)CCC(=O)N3)ncc1C(F)(F)F)C1CC1.CNC(=O)c1ccccc1Nc1nc(Nc2cnc3[nH]ccc3c2)ncc1C(F)(F)F.FC(F)(F)c1cnc(Nc2ccc3[nH]ncc3c2)nc1NC1CC1. The molecule has 0 atom stereocenters. The second-order valence-corrected chi connectivity index (χ2v) is 24.6. The number of hydrazine groups is 1. The summed E-state index contributed by atoms with van der Waals surface area (Å²) in [6.07, 6.45) is -4.93. The van der Waals surface area contributed by atoms with Crippen LogP contribution in [0.5, 0.6) is 0 Å². The number of hydrogen-bond acceptors (Lipinski definition) is 22. The van der Waals surface area contributed by atoms with Crippen molar-refractivity contribution in [1.29, 1.82) is 0 Å². The maximum atomic E-state index is 13.5. The molecular formula is C69H64F12N24O3. The number of rotatable bonds is 18. The van der Waals surface area contributed by atoms with Gasteiger partial charge in [-0.25, -0.2) is 30.3 Å². The largest absolute Gasteiger partial charge is 0.421 e. The molecule has 4 aliphatic rings. The summed E-state index contributed by atoms with van der Waals surface area (Å²) in [6.45, 7) is 2.16. The van der Waals surface area contributed by atoms with Gasteiger partial charge in [-0.2, -0.15) is 77.7 Å². The highest BCUT2D eigenvalue weighted by molar-refractivity contribution is 6.00. The number of fused-ring (bicyclic) bond motifs is 4. The zero-order valence-electron chi connectivity index (χ0n) is 56.9. The molecule has 562 valence electrons. The number of hydrogen-bond donors (Lipinski definition) is 13. The topological polar surface area (TPSA) is 347 Å². The second kappa shape index (κ2) is 31.5. The molecule has 15 rings (SSSR count). The Morgan fingerprint density at radius 1 is 0.528 bits per heavy atom. The van der Waals surface area contributed by atoms with Gasteiger partial charge in [0, 0.05) is 116 Å². The van der Waals surface area contributed by atoms with Gasteiger partial charge in [0.05, 0.1) is 34.8 Å². The smallest absolute Gasteiger partial charge is 0.367 e. The number of pyridine rings is 1. The highest BCUT2D eigenvalue weighted by Crippen LogP contribution is 2.42. The number of halogens is 12. The Labute approximate surface area is 604 Å². The number of anilines is 15. The van der Waals surface area contributed by atoms with Crippen LogP contribution in [-0.2, 0) is 47.1 Å². The van der Waals surface area contributed by atoms with Gasteiger partial charge in [0.2, 0.25) is 35.6 Å². The number of amides is 3. The fraction of sp³-hybridized carbons (Fsp3) is 0.261. The standard InChI is InChI=1S/C20H16F3N7O.C18H18F3N5O.C16H17F3N6O.C15H13F3N6/c1-24-18(31)13-4-2-3-5-15(13)29-17-14(20(21,22)23)10-27-19(30-17)28-12-8-11-6-7-25-16(11)26-9-12;1-26(12-4-5-12)16-13(18(19,20)21)9-22-17(25-16)23-11-3-6-14-10(8-11)2-7-15(27)24-14;1-2-21-25-14-11(16(17,18)19)8-20-15(24-14)22-10-4-5-12-9(7-10)3-6-13(26)23-12;16-15(17,18)11-7-19-14(23-13(11)21-9-1-2-9)22-10-3-4-12-8(5-10)6-20-24-12/h2-10H,1H3,(H,24,31)(H,25,26)(H2,27,28,29,30);3,6,8-9,12H,2,4-5,7H2,1H3,(H,24,27)(H,22,23,25);4-5,7-8,21H,2-3,6H2,1H3,(H,23,26)(H2,20,22,24,25);3-7,9H,1-2H2,(H,20,24)(H2,19,21,22,23). The van der Waals surface area contributed by atoms with Crippen LogP contribution in [0.1, 0.15) is 89.2 Å². The number of aromatic nitrogens is 12. The molecule has 2 fully saturated rings. The third-order valence-electron chi connectivity index (χ3n) is 16.6. The van der Waals surface area contributed by atoms with Gasteiger partial charge in [-0.05, 0) is 129 Å². The zero-order chi connectivity index (χ0) is 76.7. The molecule has 11 aromatic rings. The summed E-state index contributed by atoms with van der Waals surface area (Å²) in [7, 11) is 3.06. The van der Waals surface area contributed by atoms with Gasteiger partial charge < -0.3 is 63.2 Å². The van der Waals surface area contributed by atoms with Crippen molar-refractivity contribution in [1.82, 2.24) is 70.8 Å². The van der Waals surface area contributed by atoms with Crippen LogP contribution >= 0.6 is 0 Å². The van der Waals surface area contributed by atoms with Crippen molar-refractivity contribution in [3.8, 4) is 0 Å². The number of para-hydroxylation sites is 1. The monoisotopic (exact) mass is 1500 g/mol. The van der Waals surface area contributed by atoms with Crippen LogP contribution in [0.3, 0.4) is 0 Å². The minimum atomic E-state index is -4.70. The Hall–Kier alpha value is -12.7. The van der Waals surface area contributed by atoms with E-state index in [0.717, 1.165) is 83.1 Å². The van der Waals surface area contributed by atoms with Crippen LogP contribution in [0.4, 0.5) is 140 Å². The number of aromatic amines is 2. The number of alkyl halides is 12. The maximum absolute atomic E-state index is 13.5. The average molecular weight is 1510 g/mol. The Balaban J connectivity index is 0.000000135. The van der Waals surface area contributed by atoms with Crippen molar-refractivity contribution in [2.24, 2.45) is 0 Å². The molecule has 9 heterocycles. The molecule has 2 saturated carbocycles. The van der Waals surface area contributed by atoms with Crippen LogP contribution < -0.4 is 63.6 Å². The lowest BCUT2D eigenvalue weighted by Gasteiger charge is -2.22. The van der Waals surface area contributed by atoms with Crippen molar-refractivity contribution in [2.45, 2.75) is 95.1 Å². The van der Waals surface area contributed by atoms with Gasteiger partial charge in [0.25, 0.3) is 5.91 Å². The number of nitrogens with one attached hydrogen (secondary N) is 13. The minimum absolute atomic E-state index is 0.0259. The number of nitrogens with zero attached hydrogens (tertiary/aromatic N) is 11. The number of aryl methyl sites for hydroxylation is 2. The average Bonchev–Trinajstić information content (AvgIpc) is 1.23. The summed E-state index contributed by atoms with van der Waals surface area (Å²) in [5, 5.41) is 33.5. The van der Waals surface area contributed by atoms with E-state index in [1.165, 1.54) is 25.4 Å². The third kappa shape index (κ3) is 19.0. The van der Waals surface area contributed by atoms with E-state index in [4.69, 9.17) is 0 Å². The first kappa shape index (κ1) is 75.0. The molecule has 0 saturated heterocycles. The Bertz CT molecular complexity index is 5100. The quantitative estimate of drug-likeness (QED) is 0.0280. The summed E-state index contributed by atoms with van der Waals surface area (Å²) in [5.74, 6) is -1.50. The lowest BCUT2D eigenvalue weighted by atomic mass is 10.0. The highest BCUT2D eigenvalue weighted by Gasteiger charge is 2.41. The van der Waals surface area contributed by atoms with Gasteiger partial charge >= 0.3 is 24.7 Å². The molecule has 39 heteroatoms. The van der Waals surface area contributed by atoms with Crippen molar-refractivity contribution >= 4 is 127 Å². The Morgan fingerprint density at radius 2 is 1.04 bits per heavy atom. The second-order valence-electron chi connectivity index (χ2n) is 24.6. The number of carbonyl (C=O) groups excluding carboxylic acids is 3. The lowest BCUT2D eigenvalue weighted by molar-refractivity contribution is -0.138. The van der Waals surface area contributed by atoms with Gasteiger partial charge in [0.1, 0.15) is 45.4 Å². The van der Waals surface area contributed by atoms with Crippen LogP contribution in [0.15, 0.2) is 134 Å². The molecule has 0 bridgehead atoms. The minimum Gasteiger partial charge on any atom is -0.367 e. The summed E-state index contributed by atoms with van der Waals surface area (Å²) in [5.41, 5.74) is 9.04. The van der Waals surface area contributed by atoms with Gasteiger partial charge in [-0.3, -0.25) is 19.5 Å². The Morgan fingerprint density at radius 3 is 1.60 bits per heavy atom. The fourth-order valence-electron chi connectivity index (χ4n) is 10.9. The third-order valence-corrected chi connectivity index (χ3v) is 16.6. The molecule has 0 unspecified atom stereocenters. The summed E-state index contributed by atoms with van der Waals surface area (Å²) in [4.78, 5) is 74.9. The van der Waals surface area contributed by atoms with Crippen LogP contribution in [0, 0.1) is 0 Å². The molecular weight excluding hydrogens is 1440 g/mol. The molecule has 2 aliphatic heterocycles. The number of carbonyl (C=O) groups is 3. The lowest BCUT2D eigenvalue weighted by Crippen LogP contribution is -2.25. The maximum Gasteiger partial charge on any atom is 0.421 e. The summed E-state index contributed by atoms with van der Waals surface area (Å²) >= 11 is 0. The molecule has 108 heavy (non-hydrogen) atoms. The molecule has 4 aromatic carbocycles. The van der Waals surface area contributed by atoms with Crippen molar-refractivity contribution < 1.29 is 67.1 Å². The molecule has 3 amide bonds. The molecule has 0 radical (unpaired) electrons. The van der Waals surface area contributed by atoms with Crippen LogP contribution in [0.25, 0.3) is 21.9 Å². The van der Waals surface area contributed by atoms with Gasteiger partial charge in [0.15, 0.2) is 5.82 Å². The van der Waals surface area contributed by atoms with Crippen molar-refractivity contribution in [2.75, 3.05) is 73.5 Å². The molecule has 13 N–H and O–H groups in total. The summed E-state index contributed by atoms with van der Waals surface area (Å²) < 4.78 is 159. The first-order valence-electron chi connectivity index (χ1n) is 33.1. The number of H-pyrrole nitrogens is 2. The molecule has 0 spiro atoms. The van der Waals surface area contributed by atoms with Crippen molar-refractivity contribution in [3.05, 3.63) is 173 Å². The van der Waals surface area contributed by atoms with E-state index in [1.54, 1.807) is 79.8 Å². The number of benzene rings is 4. The van der Waals surface area contributed by atoms with Crippen LogP contribution in [-0.4, -0.2) is 110 Å². The van der Waals surface area contributed by atoms with E-state index in [1.807, 2.05) is 30.3 Å². The first-order chi connectivity index (χ1) is 51.5. The van der Waals surface area contributed by atoms with E-state index >= 15 is 0 Å². The van der Waals surface area contributed by atoms with Gasteiger partial charge in [-0.15, -0.1) is 0 Å². The molecule has 2 aliphatic carbocycles. The van der Waals surface area contributed by atoms with E-state index in [9.17, 15) is 67.1 Å². The predicted molar refractivity (Wildman–Crippen MR) is 379 cm³/mol. The molecule has 27 nitrogen and oxygen atoms in total. The van der Waals surface area contributed by atoms with Crippen LogP contribution in [0.2, 0.25) is 0 Å². The van der Waals surface area contributed by atoms with Crippen molar-refractivity contribution in [3.63, 3.8) is 0 Å². The van der Waals surface area contributed by atoms with E-state index in [2.05, 4.69) is 119 Å². The van der Waals surface area contributed by atoms with Gasteiger partial charge in [-0.1, -0.05) is 19.1 Å². The first-order valence-corrected chi connectivity index (χ1v) is 33.1. The zero-order valence-corrected chi connectivity index (χ0v) is 56.9. The predicted octanol–water partition coefficient (Wildman–Crippen LogP) is 14.7. The molecule has 7 aromatic heterocycles. The van der Waals surface area contributed by atoms with E-state index in [0.29, 0.717) is 66.8 Å². The fourth-order valence-corrected chi connectivity index (χ4v) is 10.9.